The normalized spacial score (nSPS) is 12.8. The molecule has 3 nitrogen and oxygen atoms in total. The molecule has 1 unspecified atom stereocenters. The second-order valence-corrected chi connectivity index (χ2v) is 6.18. The van der Waals surface area contributed by atoms with E-state index in [1.165, 1.54) is 28.4 Å². The van der Waals surface area contributed by atoms with Gasteiger partial charge in [-0.15, -0.1) is 5.10 Å². The van der Waals surface area contributed by atoms with Gasteiger partial charge in [-0.1, -0.05) is 48.7 Å². The van der Waals surface area contributed by atoms with Crippen LogP contribution >= 0.6 is 11.5 Å². The highest BCUT2D eigenvalue weighted by Crippen LogP contribution is 2.29. The summed E-state index contributed by atoms with van der Waals surface area (Å²) in [6.45, 7) is 4.36. The van der Waals surface area contributed by atoms with Gasteiger partial charge in [-0.25, -0.2) is 0 Å². The Morgan fingerprint density at radius 2 is 1.95 bits per heavy atom. The van der Waals surface area contributed by atoms with Gasteiger partial charge in [0.05, 0.1) is 10.6 Å². The van der Waals surface area contributed by atoms with Gasteiger partial charge in [-0.2, -0.15) is 0 Å². The van der Waals surface area contributed by atoms with E-state index in [1.54, 1.807) is 0 Å². The summed E-state index contributed by atoms with van der Waals surface area (Å²) < 4.78 is 4.13. The van der Waals surface area contributed by atoms with Crippen molar-refractivity contribution in [1.29, 1.82) is 0 Å². The largest absolute Gasteiger partial charge is 0.312 e. The monoisotopic (exact) mass is 289 g/mol. The van der Waals surface area contributed by atoms with Gasteiger partial charge in [-0.05, 0) is 49.3 Å². The van der Waals surface area contributed by atoms with E-state index in [1.807, 2.05) is 7.05 Å². The predicted molar refractivity (Wildman–Crippen MR) is 85.2 cm³/mol. The molecule has 0 radical (unpaired) electrons. The minimum absolute atomic E-state index is 0.371. The van der Waals surface area contributed by atoms with Gasteiger partial charge in [-0.3, -0.25) is 0 Å². The van der Waals surface area contributed by atoms with Gasteiger partial charge in [0.1, 0.15) is 0 Å². The second kappa shape index (κ2) is 7.50. The van der Waals surface area contributed by atoms with Crippen LogP contribution < -0.4 is 5.32 Å². The smallest absolute Gasteiger partial charge is 0.0829 e. The molecular formula is C16H23N3S. The van der Waals surface area contributed by atoms with Crippen molar-refractivity contribution in [2.45, 2.75) is 45.1 Å². The number of nitrogens with one attached hydrogen (secondary N) is 1. The topological polar surface area (TPSA) is 37.8 Å². The van der Waals surface area contributed by atoms with Gasteiger partial charge >= 0.3 is 0 Å². The average molecular weight is 289 g/mol. The number of hydrogen-bond acceptors (Lipinski definition) is 4. The first kappa shape index (κ1) is 15.1. The number of aryl methyl sites for hydroxylation is 1. The van der Waals surface area contributed by atoms with Crippen molar-refractivity contribution in [3.05, 3.63) is 46.5 Å². The lowest BCUT2D eigenvalue weighted by atomic mass is 10.0. The molecule has 1 aromatic carbocycles. The maximum absolute atomic E-state index is 4.28. The molecule has 1 atom stereocenters. The number of aromatic nitrogens is 2. The van der Waals surface area contributed by atoms with E-state index in [4.69, 9.17) is 0 Å². The lowest BCUT2D eigenvalue weighted by molar-refractivity contribution is 0.527. The summed E-state index contributed by atoms with van der Waals surface area (Å²) >= 11 is 1.53. The van der Waals surface area contributed by atoms with Crippen molar-refractivity contribution in [3.8, 4) is 0 Å². The standard InChI is InChI=1S/C16H23N3S/c1-12(2)15-16(20-19-18-15)14(17-3)11-7-10-13-8-5-4-6-9-13/h4-6,8-9,12,14,17H,7,10-11H2,1-3H3. The molecule has 2 aromatic rings. The molecule has 4 heteroatoms. The first-order chi connectivity index (χ1) is 9.72. The summed E-state index contributed by atoms with van der Waals surface area (Å²) in [4.78, 5) is 1.30. The third kappa shape index (κ3) is 3.87. The average Bonchev–Trinajstić information content (AvgIpc) is 2.94. The zero-order chi connectivity index (χ0) is 14.4. The minimum atomic E-state index is 0.371. The molecule has 1 aromatic heterocycles. The molecule has 20 heavy (non-hydrogen) atoms. The van der Waals surface area contributed by atoms with Crippen LogP contribution in [-0.2, 0) is 6.42 Å². The fourth-order valence-corrected chi connectivity index (χ4v) is 3.36. The summed E-state index contributed by atoms with van der Waals surface area (Å²) in [5, 5.41) is 7.70. The third-order valence-electron chi connectivity index (χ3n) is 3.55. The quantitative estimate of drug-likeness (QED) is 0.839. The highest BCUT2D eigenvalue weighted by atomic mass is 32.1. The van der Waals surface area contributed by atoms with Gasteiger partial charge in [0.25, 0.3) is 0 Å². The fourth-order valence-electron chi connectivity index (χ4n) is 2.41. The lowest BCUT2D eigenvalue weighted by Gasteiger charge is -2.16. The Hall–Kier alpha value is -1.26. The molecule has 1 heterocycles. The van der Waals surface area contributed by atoms with Crippen LogP contribution in [0.15, 0.2) is 30.3 Å². The molecular weight excluding hydrogens is 266 g/mol. The van der Waals surface area contributed by atoms with Crippen molar-refractivity contribution >= 4 is 11.5 Å². The Morgan fingerprint density at radius 1 is 1.20 bits per heavy atom. The molecule has 0 fully saturated rings. The Labute approximate surface area is 125 Å². The lowest BCUT2D eigenvalue weighted by Crippen LogP contribution is -2.17. The minimum Gasteiger partial charge on any atom is -0.312 e. The van der Waals surface area contributed by atoms with Crippen molar-refractivity contribution in [1.82, 2.24) is 14.9 Å². The molecule has 1 N–H and O–H groups in total. The molecule has 2 rings (SSSR count). The van der Waals surface area contributed by atoms with E-state index in [9.17, 15) is 0 Å². The summed E-state index contributed by atoms with van der Waals surface area (Å²) in [5.74, 6) is 0.439. The van der Waals surface area contributed by atoms with Crippen LogP contribution in [0.3, 0.4) is 0 Å². The van der Waals surface area contributed by atoms with Crippen molar-refractivity contribution in [3.63, 3.8) is 0 Å². The SMILES string of the molecule is CNC(CCCc1ccccc1)c1snnc1C(C)C. The zero-order valence-electron chi connectivity index (χ0n) is 12.5. The van der Waals surface area contributed by atoms with Crippen LogP contribution in [0.1, 0.15) is 54.8 Å². The Morgan fingerprint density at radius 3 is 2.60 bits per heavy atom. The molecule has 0 amide bonds. The van der Waals surface area contributed by atoms with Crippen LogP contribution in [0.4, 0.5) is 0 Å². The predicted octanol–water partition coefficient (Wildman–Crippen LogP) is 3.94. The summed E-state index contributed by atoms with van der Waals surface area (Å²) in [6.07, 6.45) is 3.42. The van der Waals surface area contributed by atoms with E-state index in [-0.39, 0.29) is 0 Å². The maximum atomic E-state index is 4.28. The van der Waals surface area contributed by atoms with Crippen molar-refractivity contribution in [2.75, 3.05) is 7.05 Å². The highest BCUT2D eigenvalue weighted by molar-refractivity contribution is 7.05. The molecule has 0 bridgehead atoms. The Bertz CT molecular complexity index is 507. The molecule has 0 saturated heterocycles. The molecule has 0 aliphatic rings. The van der Waals surface area contributed by atoms with E-state index in [2.05, 4.69) is 59.1 Å². The van der Waals surface area contributed by atoms with Gasteiger partial charge in [0.15, 0.2) is 0 Å². The number of benzene rings is 1. The van der Waals surface area contributed by atoms with E-state index in [0.717, 1.165) is 18.5 Å². The molecule has 0 saturated carbocycles. The van der Waals surface area contributed by atoms with Gasteiger partial charge < -0.3 is 5.32 Å². The van der Waals surface area contributed by atoms with E-state index >= 15 is 0 Å². The Balaban J connectivity index is 1.94. The maximum Gasteiger partial charge on any atom is 0.0829 e. The van der Waals surface area contributed by atoms with E-state index < -0.39 is 0 Å². The van der Waals surface area contributed by atoms with Crippen molar-refractivity contribution < 1.29 is 0 Å². The van der Waals surface area contributed by atoms with Crippen LogP contribution in [0.2, 0.25) is 0 Å². The van der Waals surface area contributed by atoms with Crippen LogP contribution in [-0.4, -0.2) is 16.6 Å². The Kier molecular flexibility index (Phi) is 5.68. The number of nitrogens with zero attached hydrogens (tertiary/aromatic N) is 2. The summed E-state index contributed by atoms with van der Waals surface area (Å²) in [7, 11) is 2.02. The fraction of sp³-hybridized carbons (Fsp3) is 0.500. The third-order valence-corrected chi connectivity index (χ3v) is 4.41. The molecule has 0 spiro atoms. The van der Waals surface area contributed by atoms with Crippen LogP contribution in [0, 0.1) is 0 Å². The summed E-state index contributed by atoms with van der Waals surface area (Å²) in [6, 6.07) is 11.0. The highest BCUT2D eigenvalue weighted by Gasteiger charge is 2.19. The van der Waals surface area contributed by atoms with Crippen LogP contribution in [0.5, 0.6) is 0 Å². The zero-order valence-corrected chi connectivity index (χ0v) is 13.3. The van der Waals surface area contributed by atoms with E-state index in [0.29, 0.717) is 12.0 Å². The first-order valence-corrected chi connectivity index (χ1v) is 8.03. The summed E-state index contributed by atoms with van der Waals surface area (Å²) in [5.41, 5.74) is 2.56. The first-order valence-electron chi connectivity index (χ1n) is 7.25. The number of rotatable bonds is 7. The van der Waals surface area contributed by atoms with Gasteiger partial charge in [0, 0.05) is 6.04 Å². The van der Waals surface area contributed by atoms with Crippen LogP contribution in [0.25, 0.3) is 0 Å². The molecule has 0 aliphatic heterocycles. The van der Waals surface area contributed by atoms with Crippen molar-refractivity contribution in [2.24, 2.45) is 0 Å². The number of hydrogen-bond donors (Lipinski definition) is 1. The molecule has 108 valence electrons. The molecule has 0 aliphatic carbocycles. The van der Waals surface area contributed by atoms with Gasteiger partial charge in [0.2, 0.25) is 0 Å². The second-order valence-electron chi connectivity index (χ2n) is 5.40.